The summed E-state index contributed by atoms with van der Waals surface area (Å²) in [4.78, 5) is 23.1. The van der Waals surface area contributed by atoms with Crippen molar-refractivity contribution >= 4 is 29.3 Å². The first-order valence-corrected chi connectivity index (χ1v) is 7.23. The van der Waals surface area contributed by atoms with Crippen LogP contribution in [0.4, 0.5) is 0 Å². The highest BCUT2D eigenvalue weighted by Crippen LogP contribution is 2.18. The number of thiophene rings is 1. The maximum Gasteiger partial charge on any atom is 0.328 e. The van der Waals surface area contributed by atoms with Crippen LogP contribution < -0.4 is 5.32 Å². The van der Waals surface area contributed by atoms with E-state index in [1.165, 1.54) is 17.4 Å². The van der Waals surface area contributed by atoms with Crippen LogP contribution in [0, 0.1) is 5.92 Å². The van der Waals surface area contributed by atoms with Crippen molar-refractivity contribution in [1.29, 1.82) is 0 Å². The molecular formula is C14H19NO3S. The van der Waals surface area contributed by atoms with Crippen molar-refractivity contribution in [2.75, 3.05) is 6.54 Å². The number of aliphatic carboxylic acids is 1. The van der Waals surface area contributed by atoms with Gasteiger partial charge < -0.3 is 10.4 Å². The van der Waals surface area contributed by atoms with Gasteiger partial charge in [-0.15, -0.1) is 11.3 Å². The quantitative estimate of drug-likeness (QED) is 0.755. The standard InChI is InChI=1S/C14H19NO3S/c1-3-10(4-2)9-15-14(18)13-11(7-8-19-13)5-6-12(16)17/h5-8,10H,3-4,9H2,1-2H3,(H,15,18)(H,16,17)/b6-5+. The van der Waals surface area contributed by atoms with E-state index in [0.29, 0.717) is 22.9 Å². The Kier molecular flexibility index (Phi) is 6.29. The third kappa shape index (κ3) is 4.87. The number of carboxylic acids is 1. The predicted molar refractivity (Wildman–Crippen MR) is 77.4 cm³/mol. The number of carboxylic acid groups (broad SMARTS) is 1. The molecule has 0 fully saturated rings. The molecule has 104 valence electrons. The predicted octanol–water partition coefficient (Wildman–Crippen LogP) is 3.01. The number of carbonyl (C=O) groups is 2. The summed E-state index contributed by atoms with van der Waals surface area (Å²) in [6, 6.07) is 1.75. The summed E-state index contributed by atoms with van der Waals surface area (Å²) >= 11 is 1.32. The van der Waals surface area contributed by atoms with Gasteiger partial charge in [0.05, 0.1) is 4.88 Å². The van der Waals surface area contributed by atoms with Crippen LogP contribution >= 0.6 is 11.3 Å². The maximum atomic E-state index is 12.0. The normalized spacial score (nSPS) is 11.1. The van der Waals surface area contributed by atoms with Crippen LogP contribution in [0.2, 0.25) is 0 Å². The zero-order valence-corrected chi connectivity index (χ0v) is 12.0. The van der Waals surface area contributed by atoms with E-state index in [0.717, 1.165) is 18.9 Å². The van der Waals surface area contributed by atoms with E-state index in [1.807, 2.05) is 0 Å². The summed E-state index contributed by atoms with van der Waals surface area (Å²) in [7, 11) is 0. The van der Waals surface area contributed by atoms with Crippen LogP contribution in [-0.4, -0.2) is 23.5 Å². The molecule has 19 heavy (non-hydrogen) atoms. The van der Waals surface area contributed by atoms with Crippen molar-refractivity contribution in [2.45, 2.75) is 26.7 Å². The van der Waals surface area contributed by atoms with E-state index >= 15 is 0 Å². The van der Waals surface area contributed by atoms with E-state index < -0.39 is 5.97 Å². The van der Waals surface area contributed by atoms with E-state index in [4.69, 9.17) is 5.11 Å². The molecule has 0 aliphatic rings. The Labute approximate surface area is 117 Å². The third-order valence-electron chi connectivity index (χ3n) is 3.01. The molecule has 4 nitrogen and oxygen atoms in total. The highest BCUT2D eigenvalue weighted by atomic mass is 32.1. The van der Waals surface area contributed by atoms with Crippen molar-refractivity contribution < 1.29 is 14.7 Å². The van der Waals surface area contributed by atoms with Gasteiger partial charge in [0.2, 0.25) is 0 Å². The first-order chi connectivity index (χ1) is 9.08. The van der Waals surface area contributed by atoms with Crippen LogP contribution in [0.25, 0.3) is 6.08 Å². The Morgan fingerprint density at radius 2 is 2.11 bits per heavy atom. The van der Waals surface area contributed by atoms with Gasteiger partial charge in [0.1, 0.15) is 0 Å². The lowest BCUT2D eigenvalue weighted by molar-refractivity contribution is -0.131. The largest absolute Gasteiger partial charge is 0.478 e. The summed E-state index contributed by atoms with van der Waals surface area (Å²) in [5.74, 6) is -0.663. The van der Waals surface area contributed by atoms with E-state index in [2.05, 4.69) is 19.2 Å². The molecule has 2 N–H and O–H groups in total. The maximum absolute atomic E-state index is 12.0. The minimum Gasteiger partial charge on any atom is -0.478 e. The van der Waals surface area contributed by atoms with Crippen molar-refractivity contribution in [3.05, 3.63) is 28.0 Å². The Morgan fingerprint density at radius 1 is 1.42 bits per heavy atom. The lowest BCUT2D eigenvalue weighted by Crippen LogP contribution is -2.28. The summed E-state index contributed by atoms with van der Waals surface area (Å²) in [5.41, 5.74) is 0.648. The molecule has 0 aromatic carbocycles. The Morgan fingerprint density at radius 3 is 2.68 bits per heavy atom. The molecule has 5 heteroatoms. The Balaban J connectivity index is 2.67. The topological polar surface area (TPSA) is 66.4 Å². The molecule has 0 spiro atoms. The molecule has 1 amide bonds. The number of rotatable bonds is 7. The number of hydrogen-bond donors (Lipinski definition) is 2. The fraction of sp³-hybridized carbons (Fsp3) is 0.429. The number of nitrogens with one attached hydrogen (secondary N) is 1. The summed E-state index contributed by atoms with van der Waals surface area (Å²) in [6.45, 7) is 4.87. The van der Waals surface area contributed by atoms with Gasteiger partial charge >= 0.3 is 5.97 Å². The van der Waals surface area contributed by atoms with Crippen LogP contribution in [0.5, 0.6) is 0 Å². The van der Waals surface area contributed by atoms with Gasteiger partial charge in [-0.3, -0.25) is 4.79 Å². The monoisotopic (exact) mass is 281 g/mol. The fourth-order valence-electron chi connectivity index (χ4n) is 1.69. The zero-order valence-electron chi connectivity index (χ0n) is 11.2. The average Bonchev–Trinajstić information content (AvgIpc) is 2.85. The van der Waals surface area contributed by atoms with Crippen LogP contribution in [0.1, 0.15) is 41.9 Å². The van der Waals surface area contributed by atoms with Gasteiger partial charge in [0.15, 0.2) is 0 Å². The number of carbonyl (C=O) groups excluding carboxylic acids is 1. The number of hydrogen-bond acceptors (Lipinski definition) is 3. The molecule has 0 atom stereocenters. The van der Waals surface area contributed by atoms with E-state index in [-0.39, 0.29) is 5.91 Å². The second-order valence-corrected chi connectivity index (χ2v) is 5.19. The van der Waals surface area contributed by atoms with Gasteiger partial charge in [-0.05, 0) is 29.0 Å². The van der Waals surface area contributed by atoms with Crippen molar-refractivity contribution in [3.63, 3.8) is 0 Å². The Hall–Kier alpha value is -1.62. The van der Waals surface area contributed by atoms with E-state index in [1.54, 1.807) is 11.4 Å². The van der Waals surface area contributed by atoms with Gasteiger partial charge in [-0.1, -0.05) is 26.7 Å². The van der Waals surface area contributed by atoms with E-state index in [9.17, 15) is 9.59 Å². The minimum absolute atomic E-state index is 0.132. The molecule has 0 radical (unpaired) electrons. The molecule has 0 saturated heterocycles. The van der Waals surface area contributed by atoms with Crippen molar-refractivity contribution in [3.8, 4) is 0 Å². The van der Waals surface area contributed by atoms with Gasteiger partial charge in [0, 0.05) is 12.6 Å². The third-order valence-corrected chi connectivity index (χ3v) is 3.94. The fourth-order valence-corrected chi connectivity index (χ4v) is 2.49. The first-order valence-electron chi connectivity index (χ1n) is 6.35. The van der Waals surface area contributed by atoms with Crippen LogP contribution in [0.3, 0.4) is 0 Å². The smallest absolute Gasteiger partial charge is 0.328 e. The molecule has 1 rings (SSSR count). The van der Waals surface area contributed by atoms with Gasteiger partial charge in [0.25, 0.3) is 5.91 Å². The summed E-state index contributed by atoms with van der Waals surface area (Å²) < 4.78 is 0. The van der Waals surface area contributed by atoms with Crippen molar-refractivity contribution in [2.24, 2.45) is 5.92 Å². The molecule has 0 aliphatic carbocycles. The second kappa shape index (κ2) is 7.74. The molecule has 0 saturated carbocycles. The van der Waals surface area contributed by atoms with Crippen molar-refractivity contribution in [1.82, 2.24) is 5.32 Å². The highest BCUT2D eigenvalue weighted by Gasteiger charge is 2.13. The number of amides is 1. The van der Waals surface area contributed by atoms with Crippen LogP contribution in [-0.2, 0) is 4.79 Å². The lowest BCUT2D eigenvalue weighted by Gasteiger charge is -2.12. The highest BCUT2D eigenvalue weighted by molar-refractivity contribution is 7.12. The second-order valence-electron chi connectivity index (χ2n) is 4.27. The van der Waals surface area contributed by atoms with Gasteiger partial charge in [-0.25, -0.2) is 4.79 Å². The summed E-state index contributed by atoms with van der Waals surface area (Å²) in [6.07, 6.45) is 4.56. The molecule has 0 aliphatic heterocycles. The lowest BCUT2D eigenvalue weighted by atomic mass is 10.0. The molecule has 1 aromatic heterocycles. The average molecular weight is 281 g/mol. The summed E-state index contributed by atoms with van der Waals surface area (Å²) in [5, 5.41) is 13.3. The molecular weight excluding hydrogens is 262 g/mol. The molecule has 0 bridgehead atoms. The molecule has 1 heterocycles. The minimum atomic E-state index is -1.02. The SMILES string of the molecule is CCC(CC)CNC(=O)c1sccc1/C=C/C(=O)O. The van der Waals surface area contributed by atoms with Gasteiger partial charge in [-0.2, -0.15) is 0 Å². The Bertz CT molecular complexity index is 461. The molecule has 1 aromatic rings. The first kappa shape index (κ1) is 15.4. The molecule has 0 unspecified atom stereocenters. The zero-order chi connectivity index (χ0) is 14.3. The van der Waals surface area contributed by atoms with Crippen LogP contribution in [0.15, 0.2) is 17.5 Å².